The van der Waals surface area contributed by atoms with Crippen LogP contribution in [0.3, 0.4) is 0 Å². The van der Waals surface area contributed by atoms with Gasteiger partial charge in [0, 0.05) is 18.8 Å². The highest BCUT2D eigenvalue weighted by molar-refractivity contribution is 9.09. The molecule has 0 aromatic heterocycles. The number of aliphatic hydroxyl groups is 1. The summed E-state index contributed by atoms with van der Waals surface area (Å²) in [4.78, 5) is 23.1. The summed E-state index contributed by atoms with van der Waals surface area (Å²) in [5.74, 6) is 1.42. The second-order valence-corrected chi connectivity index (χ2v) is 12.2. The van der Waals surface area contributed by atoms with E-state index in [4.69, 9.17) is 14.5 Å². The number of carbonyl (C=O) groups is 1. The van der Waals surface area contributed by atoms with Crippen LogP contribution < -0.4 is 0 Å². The molecule has 5 nitrogen and oxygen atoms in total. The lowest BCUT2D eigenvalue weighted by atomic mass is 9.47. The zero-order chi connectivity index (χ0) is 23.3. The number of fused-ring (bicyclic) bond motifs is 5. The predicted octanol–water partition coefficient (Wildman–Crippen LogP) is 5.86. The lowest BCUT2D eigenvalue weighted by Gasteiger charge is -2.58. The second-order valence-electron chi connectivity index (χ2n) is 11.0. The third-order valence-corrected chi connectivity index (χ3v) is 9.96. The van der Waals surface area contributed by atoms with Crippen molar-refractivity contribution in [3.63, 3.8) is 0 Å². The van der Waals surface area contributed by atoms with Gasteiger partial charge in [0.1, 0.15) is 18.0 Å². The maximum Gasteiger partial charge on any atom is 0.302 e. The van der Waals surface area contributed by atoms with Gasteiger partial charge in [-0.15, -0.1) is 0 Å². The molecule has 3 fully saturated rings. The monoisotopic (exact) mass is 510 g/mol. The molecule has 3 saturated carbocycles. The van der Waals surface area contributed by atoms with Crippen LogP contribution in [-0.2, 0) is 19.3 Å². The topological polar surface area (TPSA) is 65.0 Å². The highest BCUT2D eigenvalue weighted by Gasteiger charge is 2.63. The van der Waals surface area contributed by atoms with Gasteiger partial charge in [0.2, 0.25) is 0 Å². The summed E-state index contributed by atoms with van der Waals surface area (Å²) >= 11 is 3.81. The van der Waals surface area contributed by atoms with Crippen LogP contribution in [-0.4, -0.2) is 34.2 Å². The Hall–Kier alpha value is -0.850. The number of halogens is 1. The Morgan fingerprint density at radius 1 is 1.28 bits per heavy atom. The van der Waals surface area contributed by atoms with E-state index in [1.54, 1.807) is 0 Å². The van der Waals surface area contributed by atoms with Crippen LogP contribution in [0.4, 0.5) is 0 Å². The molecule has 0 aromatic rings. The first kappa shape index (κ1) is 24.3. The molecule has 0 heterocycles. The first-order chi connectivity index (χ1) is 15.1. The molecule has 0 amide bonds. The molecule has 0 spiro atoms. The van der Waals surface area contributed by atoms with Crippen molar-refractivity contribution in [2.75, 3.05) is 0 Å². The van der Waals surface area contributed by atoms with Crippen molar-refractivity contribution in [3.8, 4) is 0 Å². The molecule has 3 unspecified atom stereocenters. The molecule has 0 aliphatic heterocycles. The summed E-state index contributed by atoms with van der Waals surface area (Å²) in [6.45, 7) is 12.2. The number of ether oxygens (including phenoxy) is 1. The van der Waals surface area contributed by atoms with Gasteiger partial charge in [-0.2, -0.15) is 4.89 Å². The summed E-state index contributed by atoms with van der Waals surface area (Å²) in [5, 5.41) is 11.4. The van der Waals surface area contributed by atoms with E-state index in [0.717, 1.165) is 51.4 Å². The standard InChI is InChI=1S/C26H39BrO5/c1-6-7-15(2)31-32-18-8-10-25(4)17(12-18)13-22(29)23-19(25)9-11-26(5)20(23)14-21(27)24(26)30-16(3)28/h13,18-24,29H,2,6-12,14H2,1,3-5H3/t18-,19?,20?,21+,22-,23?,24-,25-,26-/m0/s1. The number of esters is 1. The van der Waals surface area contributed by atoms with E-state index < -0.39 is 6.10 Å². The molecular weight excluding hydrogens is 472 g/mol. The van der Waals surface area contributed by atoms with Gasteiger partial charge in [-0.3, -0.25) is 4.79 Å². The zero-order valence-electron chi connectivity index (χ0n) is 19.9. The minimum atomic E-state index is -0.474. The molecule has 0 radical (unpaired) electrons. The third-order valence-electron chi connectivity index (χ3n) is 9.10. The quantitative estimate of drug-likeness (QED) is 0.121. The summed E-state index contributed by atoms with van der Waals surface area (Å²) in [6.07, 6.45) is 9.11. The van der Waals surface area contributed by atoms with E-state index in [1.807, 2.05) is 0 Å². The van der Waals surface area contributed by atoms with Gasteiger partial charge in [-0.25, -0.2) is 0 Å². The highest BCUT2D eigenvalue weighted by Crippen LogP contribution is 2.66. The molecule has 4 aliphatic rings. The van der Waals surface area contributed by atoms with E-state index in [-0.39, 0.29) is 39.8 Å². The Kier molecular flexibility index (Phi) is 6.88. The molecule has 32 heavy (non-hydrogen) atoms. The average Bonchev–Trinajstić information content (AvgIpc) is 2.97. The van der Waals surface area contributed by atoms with Crippen molar-refractivity contribution < 1.29 is 24.4 Å². The number of hydrogen-bond acceptors (Lipinski definition) is 5. The summed E-state index contributed by atoms with van der Waals surface area (Å²) < 4.78 is 5.80. The summed E-state index contributed by atoms with van der Waals surface area (Å²) in [5.41, 5.74) is 1.30. The second kappa shape index (κ2) is 9.07. The lowest BCUT2D eigenvalue weighted by Crippen LogP contribution is -2.55. The fraction of sp³-hybridized carbons (Fsp3) is 0.808. The Bertz CT molecular complexity index is 780. The van der Waals surface area contributed by atoms with Gasteiger partial charge in [0.15, 0.2) is 0 Å². The maximum atomic E-state index is 11.8. The van der Waals surface area contributed by atoms with E-state index >= 15 is 0 Å². The number of carbonyl (C=O) groups excluding carboxylic acids is 1. The average molecular weight is 511 g/mol. The fourth-order valence-corrected chi connectivity index (χ4v) is 8.58. The van der Waals surface area contributed by atoms with Crippen LogP contribution in [0, 0.1) is 28.6 Å². The number of aliphatic hydroxyl groups excluding tert-OH is 1. The molecule has 0 saturated heterocycles. The lowest BCUT2D eigenvalue weighted by molar-refractivity contribution is -0.301. The number of allylic oxidation sites excluding steroid dienone is 1. The largest absolute Gasteiger partial charge is 0.461 e. The minimum Gasteiger partial charge on any atom is -0.461 e. The van der Waals surface area contributed by atoms with E-state index in [9.17, 15) is 9.90 Å². The number of rotatable bonds is 6. The molecule has 4 rings (SSSR count). The zero-order valence-corrected chi connectivity index (χ0v) is 21.5. The van der Waals surface area contributed by atoms with Crippen molar-refractivity contribution in [1.29, 1.82) is 0 Å². The number of alkyl halides is 1. The van der Waals surface area contributed by atoms with Crippen molar-refractivity contribution in [1.82, 2.24) is 0 Å². The molecule has 180 valence electrons. The van der Waals surface area contributed by atoms with Crippen LogP contribution in [0.25, 0.3) is 0 Å². The molecule has 0 aromatic carbocycles. The Labute approximate surface area is 201 Å². The molecule has 0 bridgehead atoms. The van der Waals surface area contributed by atoms with Crippen LogP contribution in [0.1, 0.15) is 79.1 Å². The Morgan fingerprint density at radius 2 is 2.03 bits per heavy atom. The van der Waals surface area contributed by atoms with Crippen LogP contribution in [0.5, 0.6) is 0 Å². The summed E-state index contributed by atoms with van der Waals surface area (Å²) in [7, 11) is 0. The van der Waals surface area contributed by atoms with Crippen LogP contribution in [0.2, 0.25) is 0 Å². The smallest absolute Gasteiger partial charge is 0.302 e. The molecule has 9 atom stereocenters. The van der Waals surface area contributed by atoms with E-state index in [1.165, 1.54) is 12.5 Å². The van der Waals surface area contributed by atoms with Crippen molar-refractivity contribution in [2.45, 2.75) is 102 Å². The van der Waals surface area contributed by atoms with Crippen LogP contribution in [0.15, 0.2) is 24.0 Å². The van der Waals surface area contributed by atoms with Gasteiger partial charge in [-0.05, 0) is 68.1 Å². The third kappa shape index (κ3) is 4.09. The Balaban J connectivity index is 1.53. The predicted molar refractivity (Wildman–Crippen MR) is 127 cm³/mol. The minimum absolute atomic E-state index is 0.00675. The van der Waals surface area contributed by atoms with E-state index in [0.29, 0.717) is 17.6 Å². The summed E-state index contributed by atoms with van der Waals surface area (Å²) in [6, 6.07) is 0. The van der Waals surface area contributed by atoms with Crippen molar-refractivity contribution in [3.05, 3.63) is 24.0 Å². The van der Waals surface area contributed by atoms with Crippen molar-refractivity contribution >= 4 is 21.9 Å². The van der Waals surface area contributed by atoms with Gasteiger partial charge in [0.25, 0.3) is 0 Å². The van der Waals surface area contributed by atoms with Gasteiger partial charge in [0.05, 0.1) is 10.9 Å². The van der Waals surface area contributed by atoms with Crippen LogP contribution >= 0.6 is 15.9 Å². The van der Waals surface area contributed by atoms with E-state index in [2.05, 4.69) is 49.4 Å². The first-order valence-corrected chi connectivity index (χ1v) is 13.2. The number of hydrogen-bond donors (Lipinski definition) is 1. The maximum absolute atomic E-state index is 11.8. The Morgan fingerprint density at radius 3 is 2.72 bits per heavy atom. The van der Waals surface area contributed by atoms with Gasteiger partial charge < -0.3 is 14.7 Å². The molecule has 4 aliphatic carbocycles. The molecule has 1 N–H and O–H groups in total. The molecular formula is C26H39BrO5. The SMILES string of the molecule is C=C(CCC)OO[C@H]1CC[C@@]2(C)C(=C[C@H](O)C3C2CC[C@@]2(C)C3C[C@@H](Br)[C@@H]2OC(C)=O)C1. The highest BCUT2D eigenvalue weighted by atomic mass is 79.9. The van der Waals surface area contributed by atoms with Crippen molar-refractivity contribution in [2.24, 2.45) is 28.6 Å². The normalized spacial score (nSPS) is 45.2. The molecule has 6 heteroatoms. The fourth-order valence-electron chi connectivity index (χ4n) is 7.47. The first-order valence-electron chi connectivity index (χ1n) is 12.3. The van der Waals surface area contributed by atoms with Gasteiger partial charge >= 0.3 is 5.97 Å². The van der Waals surface area contributed by atoms with Gasteiger partial charge in [-0.1, -0.05) is 54.9 Å².